The van der Waals surface area contributed by atoms with Crippen LogP contribution in [0.1, 0.15) is 16.8 Å². The molecule has 0 aliphatic carbocycles. The lowest BCUT2D eigenvalue weighted by Crippen LogP contribution is -2.09. The summed E-state index contributed by atoms with van der Waals surface area (Å²) in [6.07, 6.45) is -3.78. The van der Waals surface area contributed by atoms with E-state index in [0.717, 1.165) is 10.9 Å². The number of alkyl halides is 3. The van der Waals surface area contributed by atoms with E-state index in [4.69, 9.17) is 39.6 Å². The summed E-state index contributed by atoms with van der Waals surface area (Å²) in [4.78, 5) is 4.96. The lowest BCUT2D eigenvalue weighted by Gasteiger charge is -2.04. The van der Waals surface area contributed by atoms with Crippen LogP contribution in [0.2, 0.25) is 15.2 Å². The van der Waals surface area contributed by atoms with Crippen molar-refractivity contribution < 1.29 is 18.0 Å². The smallest absolute Gasteiger partial charge is 0.391 e. The van der Waals surface area contributed by atoms with Crippen LogP contribution in [0.3, 0.4) is 0 Å². The van der Waals surface area contributed by atoms with Crippen LogP contribution in [0, 0.1) is 0 Å². The van der Waals surface area contributed by atoms with E-state index in [0.29, 0.717) is 15.6 Å². The average molecular weight is 387 g/mol. The predicted molar refractivity (Wildman–Crippen MR) is 82.1 cm³/mol. The van der Waals surface area contributed by atoms with E-state index in [1.54, 1.807) is 12.1 Å². The topological polar surface area (TPSA) is 39.4 Å². The van der Waals surface area contributed by atoms with Gasteiger partial charge in [-0.05, 0) is 12.1 Å². The molecule has 0 atom stereocenters. The molecular weight excluding hydrogens is 378 g/mol. The first-order chi connectivity index (χ1) is 10.7. The van der Waals surface area contributed by atoms with Gasteiger partial charge in [0.2, 0.25) is 0 Å². The molecule has 1 heterocycles. The fourth-order valence-corrected chi connectivity index (χ4v) is 2.32. The summed E-state index contributed by atoms with van der Waals surface area (Å²) < 4.78 is 39.4. The second-order valence-corrected chi connectivity index (χ2v) is 5.62. The number of nitrogens with zero attached hydrogens (tertiary/aromatic N) is 3. The number of hydrogen-bond acceptors (Lipinski definition) is 3. The van der Waals surface area contributed by atoms with Gasteiger partial charge in [-0.15, -0.1) is 0 Å². The van der Waals surface area contributed by atoms with Crippen molar-refractivity contribution in [3.8, 4) is 0 Å². The highest BCUT2D eigenvalue weighted by atomic mass is 35.5. The zero-order chi connectivity index (χ0) is 17.2. The highest BCUT2D eigenvalue weighted by Crippen LogP contribution is 2.33. The Bertz CT molecular complexity index is 744. The van der Waals surface area contributed by atoms with Crippen LogP contribution in [0.5, 0.6) is 0 Å². The van der Waals surface area contributed by atoms with E-state index >= 15 is 0 Å². The third kappa shape index (κ3) is 4.31. The van der Waals surface area contributed by atoms with Gasteiger partial charge >= 0.3 is 6.18 Å². The number of rotatable bonds is 4. The first kappa shape index (κ1) is 17.9. The van der Waals surface area contributed by atoms with Gasteiger partial charge in [0.05, 0.1) is 11.8 Å². The van der Waals surface area contributed by atoms with E-state index in [2.05, 4.69) is 10.3 Å². The lowest BCUT2D eigenvalue weighted by molar-refractivity contribution is -0.141. The number of hydrogen-bond donors (Lipinski definition) is 0. The Labute approximate surface area is 144 Å². The quantitative estimate of drug-likeness (QED) is 0.551. The van der Waals surface area contributed by atoms with Crippen molar-refractivity contribution in [2.75, 3.05) is 0 Å². The molecule has 124 valence electrons. The molecule has 0 spiro atoms. The molecule has 0 aliphatic heterocycles. The number of aryl methyl sites for hydroxylation is 1. The molecule has 1 aromatic carbocycles. The van der Waals surface area contributed by atoms with Gasteiger partial charge in [0.25, 0.3) is 0 Å². The average Bonchev–Trinajstić information content (AvgIpc) is 2.73. The van der Waals surface area contributed by atoms with Crippen molar-refractivity contribution >= 4 is 41.0 Å². The molecule has 1 aromatic heterocycles. The predicted octanol–water partition coefficient (Wildman–Crippen LogP) is 4.95. The minimum absolute atomic E-state index is 0.0360. The van der Waals surface area contributed by atoms with Crippen LogP contribution >= 0.6 is 34.8 Å². The number of oxime groups is 1. The van der Waals surface area contributed by atoms with Gasteiger partial charge in [0, 0.05) is 22.7 Å². The molecular formula is C13H9Cl3F3N3O. The van der Waals surface area contributed by atoms with Gasteiger partial charge in [-0.1, -0.05) is 46.0 Å². The molecule has 0 radical (unpaired) electrons. The molecule has 10 heteroatoms. The van der Waals surface area contributed by atoms with Gasteiger partial charge in [-0.3, -0.25) is 4.68 Å². The molecule has 0 N–H and O–H groups in total. The first-order valence-electron chi connectivity index (χ1n) is 6.09. The molecule has 0 aliphatic rings. The largest absolute Gasteiger partial charge is 0.435 e. The normalized spacial score (nSPS) is 12.1. The molecule has 0 saturated carbocycles. The Morgan fingerprint density at radius 1 is 1.30 bits per heavy atom. The van der Waals surface area contributed by atoms with Crippen LogP contribution in [-0.4, -0.2) is 16.0 Å². The van der Waals surface area contributed by atoms with Crippen LogP contribution in [0.15, 0.2) is 23.4 Å². The third-order valence-electron chi connectivity index (χ3n) is 2.77. The molecule has 0 amide bonds. The summed E-state index contributed by atoms with van der Waals surface area (Å²) in [6, 6.07) is 4.75. The van der Waals surface area contributed by atoms with Crippen LogP contribution in [-0.2, 0) is 24.7 Å². The monoisotopic (exact) mass is 385 g/mol. The summed E-state index contributed by atoms with van der Waals surface area (Å²) >= 11 is 17.5. The Morgan fingerprint density at radius 3 is 2.61 bits per heavy atom. The molecule has 0 saturated heterocycles. The van der Waals surface area contributed by atoms with Crippen molar-refractivity contribution in [3.05, 3.63) is 50.2 Å². The van der Waals surface area contributed by atoms with Crippen LogP contribution in [0.4, 0.5) is 13.2 Å². The number of halogens is 6. The summed E-state index contributed by atoms with van der Waals surface area (Å²) in [7, 11) is 1.29. The first-order valence-corrected chi connectivity index (χ1v) is 7.22. The second-order valence-electron chi connectivity index (χ2n) is 4.42. The summed E-state index contributed by atoms with van der Waals surface area (Å²) in [5.41, 5.74) is -0.924. The zero-order valence-corrected chi connectivity index (χ0v) is 13.8. The van der Waals surface area contributed by atoms with Crippen molar-refractivity contribution in [1.29, 1.82) is 0 Å². The number of aromatic nitrogens is 2. The van der Waals surface area contributed by atoms with E-state index in [-0.39, 0.29) is 17.3 Å². The Balaban J connectivity index is 2.12. The summed E-state index contributed by atoms with van der Waals surface area (Å²) in [5.74, 6) is 0. The highest BCUT2D eigenvalue weighted by molar-refractivity contribution is 6.35. The van der Waals surface area contributed by atoms with E-state index in [1.807, 2.05) is 0 Å². The van der Waals surface area contributed by atoms with Crippen LogP contribution < -0.4 is 0 Å². The second kappa shape index (κ2) is 6.98. The minimum Gasteiger partial charge on any atom is -0.391 e. The Morgan fingerprint density at radius 2 is 2.00 bits per heavy atom. The van der Waals surface area contributed by atoms with Gasteiger partial charge in [-0.2, -0.15) is 18.3 Å². The molecule has 2 rings (SSSR count). The third-order valence-corrected chi connectivity index (χ3v) is 3.81. The number of benzene rings is 1. The molecule has 0 bridgehead atoms. The van der Waals surface area contributed by atoms with Gasteiger partial charge in [0.1, 0.15) is 11.8 Å². The Kier molecular flexibility index (Phi) is 5.44. The van der Waals surface area contributed by atoms with Crippen LogP contribution in [0.25, 0.3) is 0 Å². The fraction of sp³-hybridized carbons (Fsp3) is 0.231. The lowest BCUT2D eigenvalue weighted by atomic mass is 10.2. The molecule has 0 unspecified atom stereocenters. The van der Waals surface area contributed by atoms with E-state index < -0.39 is 11.9 Å². The Hall–Kier alpha value is -1.44. The van der Waals surface area contributed by atoms with Crippen molar-refractivity contribution in [2.24, 2.45) is 12.2 Å². The summed E-state index contributed by atoms with van der Waals surface area (Å²) in [5, 5.41) is 7.44. The standard InChI is InChI=1S/C13H9Cl3F3N3O/c1-22-12(16)9(11(21-22)13(17,18)19)5-20-23-6-7-2-3-8(14)4-10(7)15/h2-5H,6H2,1H3. The SMILES string of the molecule is Cn1nc(C(F)(F)F)c(C=NOCc2ccc(Cl)cc2Cl)c1Cl. The molecule has 0 fully saturated rings. The minimum atomic E-state index is -4.65. The van der Waals surface area contributed by atoms with Gasteiger partial charge in [0.15, 0.2) is 5.69 Å². The molecule has 2 aromatic rings. The fourth-order valence-electron chi connectivity index (χ4n) is 1.68. The zero-order valence-electron chi connectivity index (χ0n) is 11.5. The van der Waals surface area contributed by atoms with Crippen molar-refractivity contribution in [1.82, 2.24) is 9.78 Å². The van der Waals surface area contributed by atoms with Crippen molar-refractivity contribution in [3.63, 3.8) is 0 Å². The van der Waals surface area contributed by atoms with Gasteiger partial charge in [-0.25, -0.2) is 0 Å². The maximum absolute atomic E-state index is 12.8. The van der Waals surface area contributed by atoms with Crippen molar-refractivity contribution in [2.45, 2.75) is 12.8 Å². The molecule has 23 heavy (non-hydrogen) atoms. The summed E-state index contributed by atoms with van der Waals surface area (Å²) in [6.45, 7) is -0.0360. The maximum atomic E-state index is 12.8. The maximum Gasteiger partial charge on any atom is 0.435 e. The highest BCUT2D eigenvalue weighted by Gasteiger charge is 2.38. The van der Waals surface area contributed by atoms with E-state index in [1.165, 1.54) is 13.1 Å². The molecule has 4 nitrogen and oxygen atoms in total. The van der Waals surface area contributed by atoms with E-state index in [9.17, 15) is 13.2 Å². The van der Waals surface area contributed by atoms with Gasteiger partial charge < -0.3 is 4.84 Å².